The normalized spacial score (nSPS) is 10.2. The zero-order chi connectivity index (χ0) is 14.1. The summed E-state index contributed by atoms with van der Waals surface area (Å²) in [6, 6.07) is 4.90. The Bertz CT molecular complexity index is 410. The third kappa shape index (κ3) is 5.15. The predicted molar refractivity (Wildman–Crippen MR) is 72.4 cm³/mol. The van der Waals surface area contributed by atoms with Crippen LogP contribution in [0.25, 0.3) is 0 Å². The number of nitrogens with one attached hydrogen (secondary N) is 1. The lowest BCUT2D eigenvalue weighted by molar-refractivity contribution is 0.0692. The fraction of sp³-hybridized carbons (Fsp3) is 0.462. The van der Waals surface area contributed by atoms with Crippen molar-refractivity contribution in [1.29, 1.82) is 0 Å². The number of benzene rings is 1. The van der Waals surface area contributed by atoms with E-state index < -0.39 is 0 Å². The summed E-state index contributed by atoms with van der Waals surface area (Å²) in [5.41, 5.74) is 6.68. The molecule has 0 saturated heterocycles. The molecule has 0 aliphatic carbocycles. The van der Waals surface area contributed by atoms with Gasteiger partial charge in [0.1, 0.15) is 5.75 Å². The fourth-order valence-electron chi connectivity index (χ4n) is 1.44. The van der Waals surface area contributed by atoms with E-state index in [4.69, 9.17) is 19.9 Å². The van der Waals surface area contributed by atoms with Crippen LogP contribution in [-0.4, -0.2) is 46.5 Å². The lowest BCUT2D eigenvalue weighted by Crippen LogP contribution is -2.27. The van der Waals surface area contributed by atoms with Gasteiger partial charge in [-0.3, -0.25) is 4.79 Å². The number of rotatable bonds is 8. The first kappa shape index (κ1) is 15.3. The van der Waals surface area contributed by atoms with Crippen LogP contribution in [0, 0.1) is 0 Å². The summed E-state index contributed by atoms with van der Waals surface area (Å²) < 4.78 is 15.1. The minimum atomic E-state index is -0.186. The Labute approximate surface area is 112 Å². The summed E-state index contributed by atoms with van der Waals surface area (Å²) in [6.45, 7) is 1.95. The van der Waals surface area contributed by atoms with Crippen LogP contribution in [-0.2, 0) is 9.47 Å². The highest BCUT2D eigenvalue weighted by molar-refractivity contribution is 5.95. The first-order chi connectivity index (χ1) is 9.19. The van der Waals surface area contributed by atoms with Crippen molar-refractivity contribution >= 4 is 11.6 Å². The molecular weight excluding hydrogens is 248 g/mol. The molecule has 0 radical (unpaired) electrons. The molecule has 0 spiro atoms. The van der Waals surface area contributed by atoms with Crippen molar-refractivity contribution < 1.29 is 19.0 Å². The minimum Gasteiger partial charge on any atom is -0.495 e. The van der Waals surface area contributed by atoms with E-state index in [2.05, 4.69) is 5.32 Å². The molecular formula is C13H20N2O4. The second-order valence-electron chi connectivity index (χ2n) is 3.82. The Balaban J connectivity index is 2.37. The van der Waals surface area contributed by atoms with Crippen LogP contribution in [0.3, 0.4) is 0 Å². The first-order valence-corrected chi connectivity index (χ1v) is 5.97. The number of carbonyl (C=O) groups excluding carboxylic acids is 1. The highest BCUT2D eigenvalue weighted by Crippen LogP contribution is 2.21. The van der Waals surface area contributed by atoms with Crippen LogP contribution in [0.5, 0.6) is 5.75 Å². The molecule has 0 atom stereocenters. The molecule has 19 heavy (non-hydrogen) atoms. The lowest BCUT2D eigenvalue weighted by atomic mass is 10.2. The topological polar surface area (TPSA) is 82.8 Å². The maximum absolute atomic E-state index is 11.8. The van der Waals surface area contributed by atoms with Crippen LogP contribution in [0.1, 0.15) is 10.4 Å². The van der Waals surface area contributed by atoms with Gasteiger partial charge in [0.15, 0.2) is 0 Å². The smallest absolute Gasteiger partial charge is 0.251 e. The Kier molecular flexibility index (Phi) is 6.70. The van der Waals surface area contributed by atoms with E-state index >= 15 is 0 Å². The monoisotopic (exact) mass is 268 g/mol. The van der Waals surface area contributed by atoms with Gasteiger partial charge in [-0.05, 0) is 18.2 Å². The molecule has 0 fully saturated rings. The number of methoxy groups -OCH3 is 2. The van der Waals surface area contributed by atoms with Gasteiger partial charge in [0.2, 0.25) is 0 Å². The number of amides is 1. The molecule has 1 amide bonds. The van der Waals surface area contributed by atoms with E-state index in [1.54, 1.807) is 25.3 Å². The summed E-state index contributed by atoms with van der Waals surface area (Å²) in [5, 5.41) is 2.75. The molecule has 0 aliphatic rings. The summed E-state index contributed by atoms with van der Waals surface area (Å²) in [7, 11) is 3.12. The van der Waals surface area contributed by atoms with Crippen molar-refractivity contribution in [1.82, 2.24) is 5.32 Å². The van der Waals surface area contributed by atoms with Crippen LogP contribution in [0.15, 0.2) is 18.2 Å². The third-order valence-electron chi connectivity index (χ3n) is 2.46. The van der Waals surface area contributed by atoms with E-state index in [1.807, 2.05) is 0 Å². The number of anilines is 1. The highest BCUT2D eigenvalue weighted by atomic mass is 16.5. The molecule has 6 heteroatoms. The maximum atomic E-state index is 11.8. The largest absolute Gasteiger partial charge is 0.495 e. The molecule has 0 aliphatic heterocycles. The minimum absolute atomic E-state index is 0.186. The number of hydrogen-bond donors (Lipinski definition) is 2. The first-order valence-electron chi connectivity index (χ1n) is 5.97. The number of ether oxygens (including phenoxy) is 3. The maximum Gasteiger partial charge on any atom is 0.251 e. The second-order valence-corrected chi connectivity index (χ2v) is 3.82. The second kappa shape index (κ2) is 8.34. The number of nitrogens with two attached hydrogens (primary N) is 1. The molecule has 1 rings (SSSR count). The zero-order valence-electron chi connectivity index (χ0n) is 11.3. The van der Waals surface area contributed by atoms with Crippen molar-refractivity contribution in [3.05, 3.63) is 23.8 Å². The van der Waals surface area contributed by atoms with E-state index in [1.165, 1.54) is 7.11 Å². The molecule has 0 bridgehead atoms. The lowest BCUT2D eigenvalue weighted by Gasteiger charge is -2.08. The molecule has 0 saturated carbocycles. The summed E-state index contributed by atoms with van der Waals surface area (Å²) >= 11 is 0. The average molecular weight is 268 g/mol. The number of nitrogen functional groups attached to an aromatic ring is 1. The van der Waals surface area contributed by atoms with Crippen molar-refractivity contribution in [2.75, 3.05) is 46.3 Å². The van der Waals surface area contributed by atoms with Gasteiger partial charge >= 0.3 is 0 Å². The molecule has 1 aromatic carbocycles. The molecule has 0 aromatic heterocycles. The Morgan fingerprint density at radius 1 is 1.26 bits per heavy atom. The van der Waals surface area contributed by atoms with Gasteiger partial charge < -0.3 is 25.3 Å². The third-order valence-corrected chi connectivity index (χ3v) is 2.46. The Morgan fingerprint density at radius 3 is 2.74 bits per heavy atom. The number of carbonyl (C=O) groups is 1. The van der Waals surface area contributed by atoms with E-state index in [0.29, 0.717) is 43.4 Å². The van der Waals surface area contributed by atoms with Crippen LogP contribution in [0.4, 0.5) is 5.69 Å². The molecule has 106 valence electrons. The Hall–Kier alpha value is -1.79. The summed E-state index contributed by atoms with van der Waals surface area (Å²) in [6.07, 6.45) is 0. The summed E-state index contributed by atoms with van der Waals surface area (Å²) in [4.78, 5) is 11.8. The average Bonchev–Trinajstić information content (AvgIpc) is 2.43. The van der Waals surface area contributed by atoms with Gasteiger partial charge in [-0.15, -0.1) is 0 Å². The van der Waals surface area contributed by atoms with Crippen molar-refractivity contribution in [3.63, 3.8) is 0 Å². The molecule has 1 aromatic rings. The zero-order valence-corrected chi connectivity index (χ0v) is 11.3. The van der Waals surface area contributed by atoms with Crippen molar-refractivity contribution in [2.24, 2.45) is 0 Å². The van der Waals surface area contributed by atoms with Crippen molar-refractivity contribution in [2.45, 2.75) is 0 Å². The molecule has 0 heterocycles. The van der Waals surface area contributed by atoms with E-state index in [9.17, 15) is 4.79 Å². The Morgan fingerprint density at radius 2 is 2.05 bits per heavy atom. The van der Waals surface area contributed by atoms with Gasteiger partial charge in [-0.1, -0.05) is 0 Å². The van der Waals surface area contributed by atoms with Gasteiger partial charge in [0.05, 0.1) is 32.6 Å². The van der Waals surface area contributed by atoms with Gasteiger partial charge in [-0.25, -0.2) is 0 Å². The van der Waals surface area contributed by atoms with Gasteiger partial charge in [-0.2, -0.15) is 0 Å². The molecule has 0 unspecified atom stereocenters. The molecule has 3 N–H and O–H groups in total. The predicted octanol–water partition coefficient (Wildman–Crippen LogP) is 0.670. The SMILES string of the molecule is COCCOCCNC(=O)c1ccc(N)c(OC)c1. The van der Waals surface area contributed by atoms with Gasteiger partial charge in [0.25, 0.3) is 5.91 Å². The highest BCUT2D eigenvalue weighted by Gasteiger charge is 2.08. The number of hydrogen-bond acceptors (Lipinski definition) is 5. The fourth-order valence-corrected chi connectivity index (χ4v) is 1.44. The van der Waals surface area contributed by atoms with Gasteiger partial charge in [0, 0.05) is 19.2 Å². The molecule has 6 nitrogen and oxygen atoms in total. The quantitative estimate of drug-likeness (QED) is 0.535. The van der Waals surface area contributed by atoms with Crippen LogP contribution >= 0.6 is 0 Å². The van der Waals surface area contributed by atoms with Crippen LogP contribution < -0.4 is 15.8 Å². The van der Waals surface area contributed by atoms with E-state index in [-0.39, 0.29) is 5.91 Å². The van der Waals surface area contributed by atoms with Crippen LogP contribution in [0.2, 0.25) is 0 Å². The van der Waals surface area contributed by atoms with Crippen molar-refractivity contribution in [3.8, 4) is 5.75 Å². The summed E-state index contributed by atoms with van der Waals surface area (Å²) in [5.74, 6) is 0.303. The van der Waals surface area contributed by atoms with E-state index in [0.717, 1.165) is 0 Å². The standard InChI is InChI=1S/C13H20N2O4/c1-17-7-8-19-6-5-15-13(16)10-3-4-11(14)12(9-10)18-2/h3-4,9H,5-8,14H2,1-2H3,(H,15,16).